The van der Waals surface area contributed by atoms with E-state index in [4.69, 9.17) is 5.73 Å². The second-order valence-electron chi connectivity index (χ2n) is 5.42. The fourth-order valence-corrected chi connectivity index (χ4v) is 2.81. The van der Waals surface area contributed by atoms with Gasteiger partial charge in [-0.3, -0.25) is 4.79 Å². The van der Waals surface area contributed by atoms with Crippen LogP contribution in [0.4, 0.5) is 15.8 Å². The molecule has 4 heteroatoms. The van der Waals surface area contributed by atoms with Crippen LogP contribution in [-0.4, -0.2) is 12.5 Å². The molecule has 2 N–H and O–H groups in total. The summed E-state index contributed by atoms with van der Waals surface area (Å²) in [6.45, 7) is 2.70. The van der Waals surface area contributed by atoms with Gasteiger partial charge >= 0.3 is 0 Å². The third-order valence-electron chi connectivity index (χ3n) is 3.84. The number of nitrogen functional groups attached to an aromatic ring is 1. The van der Waals surface area contributed by atoms with Crippen molar-refractivity contribution in [1.82, 2.24) is 0 Å². The number of nitrogens with two attached hydrogens (primary N) is 1. The maximum atomic E-state index is 13.1. The lowest BCUT2D eigenvalue weighted by atomic mass is 9.98. The molecule has 3 nitrogen and oxygen atoms in total. The first-order chi connectivity index (χ1) is 10.1. The number of hydrogen-bond acceptors (Lipinski definition) is 2. The Morgan fingerprint density at radius 1 is 1.24 bits per heavy atom. The average Bonchev–Trinajstić information content (AvgIpc) is 2.45. The molecule has 1 heterocycles. The summed E-state index contributed by atoms with van der Waals surface area (Å²) in [6.07, 6.45) is 1.89. The first-order valence-corrected chi connectivity index (χ1v) is 7.02. The Morgan fingerprint density at radius 3 is 2.81 bits per heavy atom. The number of halogens is 1. The topological polar surface area (TPSA) is 46.3 Å². The fourth-order valence-electron chi connectivity index (χ4n) is 2.81. The Balaban J connectivity index is 2.00. The molecule has 2 aromatic rings. The Labute approximate surface area is 123 Å². The number of nitrogens with zero attached hydrogens (tertiary/aromatic N) is 1. The summed E-state index contributed by atoms with van der Waals surface area (Å²) in [7, 11) is 0. The van der Waals surface area contributed by atoms with Crippen LogP contribution in [0.3, 0.4) is 0 Å². The van der Waals surface area contributed by atoms with Crippen molar-refractivity contribution in [3.8, 4) is 0 Å². The zero-order valence-electron chi connectivity index (χ0n) is 11.9. The van der Waals surface area contributed by atoms with E-state index in [1.807, 2.05) is 19.1 Å². The van der Waals surface area contributed by atoms with Gasteiger partial charge < -0.3 is 10.6 Å². The SMILES string of the molecule is Cc1ccc2c(c1)CCCN2C(=O)c1ccc(F)cc1N. The van der Waals surface area contributed by atoms with Gasteiger partial charge in [-0.1, -0.05) is 17.7 Å². The molecule has 2 aromatic carbocycles. The first-order valence-electron chi connectivity index (χ1n) is 7.02. The minimum absolute atomic E-state index is 0.169. The molecule has 0 aromatic heterocycles. The number of benzene rings is 2. The molecule has 0 fully saturated rings. The normalized spacial score (nSPS) is 13.9. The van der Waals surface area contributed by atoms with E-state index in [1.54, 1.807) is 4.90 Å². The van der Waals surface area contributed by atoms with Crippen molar-refractivity contribution >= 4 is 17.3 Å². The molecule has 108 valence electrons. The predicted octanol–water partition coefficient (Wildman–Crippen LogP) is 3.31. The summed E-state index contributed by atoms with van der Waals surface area (Å²) in [5.74, 6) is -0.601. The monoisotopic (exact) mass is 284 g/mol. The van der Waals surface area contributed by atoms with E-state index in [0.29, 0.717) is 12.1 Å². The minimum Gasteiger partial charge on any atom is -0.398 e. The summed E-state index contributed by atoms with van der Waals surface area (Å²) in [5, 5.41) is 0. The van der Waals surface area contributed by atoms with Gasteiger partial charge in [-0.15, -0.1) is 0 Å². The Kier molecular flexibility index (Phi) is 3.37. The van der Waals surface area contributed by atoms with E-state index in [1.165, 1.54) is 29.3 Å². The molecular formula is C17H17FN2O. The lowest BCUT2D eigenvalue weighted by Crippen LogP contribution is -2.35. The summed E-state index contributed by atoms with van der Waals surface area (Å²) in [5.41, 5.74) is 9.61. The Bertz CT molecular complexity index is 712. The van der Waals surface area contributed by atoms with Gasteiger partial charge in [0.2, 0.25) is 0 Å². The number of hydrogen-bond donors (Lipinski definition) is 1. The van der Waals surface area contributed by atoms with Gasteiger partial charge in [0.25, 0.3) is 5.91 Å². The number of aryl methyl sites for hydroxylation is 2. The molecule has 1 aliphatic heterocycles. The van der Waals surface area contributed by atoms with Gasteiger partial charge in [0, 0.05) is 17.9 Å². The van der Waals surface area contributed by atoms with Gasteiger partial charge in [0.1, 0.15) is 5.82 Å². The van der Waals surface area contributed by atoms with E-state index < -0.39 is 5.82 Å². The number of rotatable bonds is 1. The van der Waals surface area contributed by atoms with Crippen molar-refractivity contribution in [2.24, 2.45) is 0 Å². The third kappa shape index (κ3) is 2.49. The predicted molar refractivity (Wildman–Crippen MR) is 82.0 cm³/mol. The lowest BCUT2D eigenvalue weighted by molar-refractivity contribution is 0.0986. The van der Waals surface area contributed by atoms with Gasteiger partial charge in [-0.2, -0.15) is 0 Å². The summed E-state index contributed by atoms with van der Waals surface area (Å²) in [6, 6.07) is 10.00. The highest BCUT2D eigenvalue weighted by Crippen LogP contribution is 2.30. The van der Waals surface area contributed by atoms with E-state index >= 15 is 0 Å². The summed E-state index contributed by atoms with van der Waals surface area (Å²) in [4.78, 5) is 14.4. The fraction of sp³-hybridized carbons (Fsp3) is 0.235. The zero-order valence-corrected chi connectivity index (χ0v) is 11.9. The highest BCUT2D eigenvalue weighted by molar-refractivity contribution is 6.09. The Morgan fingerprint density at radius 2 is 2.05 bits per heavy atom. The lowest BCUT2D eigenvalue weighted by Gasteiger charge is -2.30. The molecule has 0 saturated carbocycles. The molecular weight excluding hydrogens is 267 g/mol. The van der Waals surface area contributed by atoms with Gasteiger partial charge in [-0.05, 0) is 49.6 Å². The van der Waals surface area contributed by atoms with Gasteiger partial charge in [0.15, 0.2) is 0 Å². The number of amides is 1. The standard InChI is InChI=1S/C17H17FN2O/c1-11-4-7-16-12(9-11)3-2-8-20(16)17(21)14-6-5-13(18)10-15(14)19/h4-7,9-10H,2-3,8,19H2,1H3. The van der Waals surface area contributed by atoms with E-state index in [2.05, 4.69) is 6.07 Å². The van der Waals surface area contributed by atoms with Gasteiger partial charge in [0.05, 0.1) is 5.56 Å². The molecule has 0 unspecified atom stereocenters. The second kappa shape index (κ2) is 5.20. The second-order valence-corrected chi connectivity index (χ2v) is 5.42. The van der Waals surface area contributed by atoms with Crippen LogP contribution in [0.2, 0.25) is 0 Å². The van der Waals surface area contributed by atoms with Crippen molar-refractivity contribution in [2.75, 3.05) is 17.2 Å². The molecule has 0 atom stereocenters. The first kappa shape index (κ1) is 13.6. The van der Waals surface area contributed by atoms with Crippen LogP contribution in [0.5, 0.6) is 0 Å². The van der Waals surface area contributed by atoms with E-state index in [0.717, 1.165) is 18.5 Å². The average molecular weight is 284 g/mol. The van der Waals surface area contributed by atoms with Crippen molar-refractivity contribution in [3.05, 3.63) is 58.9 Å². The number of fused-ring (bicyclic) bond motifs is 1. The van der Waals surface area contributed by atoms with Crippen molar-refractivity contribution in [1.29, 1.82) is 0 Å². The molecule has 0 radical (unpaired) electrons. The molecule has 0 spiro atoms. The van der Waals surface area contributed by atoms with Crippen molar-refractivity contribution < 1.29 is 9.18 Å². The number of carbonyl (C=O) groups excluding carboxylic acids is 1. The van der Waals surface area contributed by atoms with Gasteiger partial charge in [-0.25, -0.2) is 4.39 Å². The molecule has 1 amide bonds. The van der Waals surface area contributed by atoms with E-state index in [-0.39, 0.29) is 11.6 Å². The largest absolute Gasteiger partial charge is 0.398 e. The Hall–Kier alpha value is -2.36. The maximum Gasteiger partial charge on any atom is 0.260 e. The van der Waals surface area contributed by atoms with Crippen LogP contribution in [-0.2, 0) is 6.42 Å². The van der Waals surface area contributed by atoms with Crippen LogP contribution >= 0.6 is 0 Å². The van der Waals surface area contributed by atoms with Crippen molar-refractivity contribution in [2.45, 2.75) is 19.8 Å². The summed E-state index contributed by atoms with van der Waals surface area (Å²) < 4.78 is 13.1. The minimum atomic E-state index is -0.432. The van der Waals surface area contributed by atoms with Crippen LogP contribution in [0.15, 0.2) is 36.4 Å². The molecule has 3 rings (SSSR count). The van der Waals surface area contributed by atoms with Crippen molar-refractivity contribution in [3.63, 3.8) is 0 Å². The third-order valence-corrected chi connectivity index (χ3v) is 3.84. The molecule has 0 aliphatic carbocycles. The molecule has 0 saturated heterocycles. The van der Waals surface area contributed by atoms with Crippen LogP contribution in [0, 0.1) is 12.7 Å². The molecule has 1 aliphatic rings. The highest BCUT2D eigenvalue weighted by atomic mass is 19.1. The van der Waals surface area contributed by atoms with E-state index in [9.17, 15) is 9.18 Å². The highest BCUT2D eigenvalue weighted by Gasteiger charge is 2.24. The maximum absolute atomic E-state index is 13.1. The van der Waals surface area contributed by atoms with Crippen LogP contribution in [0.1, 0.15) is 27.9 Å². The summed E-state index contributed by atoms with van der Waals surface area (Å²) >= 11 is 0. The molecule has 0 bridgehead atoms. The molecule has 21 heavy (non-hydrogen) atoms. The quantitative estimate of drug-likeness (QED) is 0.817. The zero-order chi connectivity index (χ0) is 15.0. The number of carbonyl (C=O) groups is 1. The number of anilines is 2. The van der Waals surface area contributed by atoms with Crippen LogP contribution in [0.25, 0.3) is 0 Å². The van der Waals surface area contributed by atoms with Crippen LogP contribution < -0.4 is 10.6 Å². The smallest absolute Gasteiger partial charge is 0.260 e.